The Labute approximate surface area is 176 Å². The summed E-state index contributed by atoms with van der Waals surface area (Å²) in [5.41, 5.74) is 0.0462. The standard InChI is InChI=1S/C27H47N/c1-3-5-7-22-9-13-24(14-10-22)25-17-19-27(21-28,20-18-25)26-15-11-23(12-16-26)8-6-4-2/h22-26H,3-20H2,1-2H3. The lowest BCUT2D eigenvalue weighted by Crippen LogP contribution is -2.38. The molecule has 3 rings (SSSR count). The number of hydrogen-bond donors (Lipinski definition) is 0. The minimum Gasteiger partial charge on any atom is -0.198 e. The van der Waals surface area contributed by atoms with E-state index < -0.39 is 0 Å². The molecule has 0 aromatic heterocycles. The molecule has 0 heterocycles. The van der Waals surface area contributed by atoms with Crippen molar-refractivity contribution in [1.29, 1.82) is 5.26 Å². The third-order valence-corrected chi connectivity index (χ3v) is 9.26. The minimum atomic E-state index is 0.0462. The van der Waals surface area contributed by atoms with E-state index in [4.69, 9.17) is 0 Å². The van der Waals surface area contributed by atoms with Gasteiger partial charge in [0.15, 0.2) is 0 Å². The molecule has 160 valence electrons. The monoisotopic (exact) mass is 385 g/mol. The van der Waals surface area contributed by atoms with Crippen LogP contribution in [-0.2, 0) is 0 Å². The third-order valence-electron chi connectivity index (χ3n) is 9.26. The molecule has 0 unspecified atom stereocenters. The first-order chi connectivity index (χ1) is 13.7. The number of unbranched alkanes of at least 4 members (excludes halogenated alkanes) is 2. The van der Waals surface area contributed by atoms with E-state index in [0.717, 1.165) is 23.7 Å². The van der Waals surface area contributed by atoms with Gasteiger partial charge >= 0.3 is 0 Å². The van der Waals surface area contributed by atoms with Crippen LogP contribution in [0.3, 0.4) is 0 Å². The number of nitriles is 1. The highest BCUT2D eigenvalue weighted by Gasteiger charge is 2.44. The molecule has 0 atom stereocenters. The van der Waals surface area contributed by atoms with Crippen LogP contribution in [0.5, 0.6) is 0 Å². The Hall–Kier alpha value is -0.510. The Morgan fingerprint density at radius 1 is 0.679 bits per heavy atom. The van der Waals surface area contributed by atoms with Crippen molar-refractivity contribution in [2.24, 2.45) is 35.0 Å². The zero-order chi connectivity index (χ0) is 19.8. The van der Waals surface area contributed by atoms with Gasteiger partial charge in [-0.3, -0.25) is 0 Å². The summed E-state index contributed by atoms with van der Waals surface area (Å²) in [6, 6.07) is 2.90. The lowest BCUT2D eigenvalue weighted by atomic mass is 9.57. The molecule has 0 N–H and O–H groups in total. The van der Waals surface area contributed by atoms with Crippen molar-refractivity contribution in [3.63, 3.8) is 0 Å². The second kappa shape index (κ2) is 11.0. The third kappa shape index (κ3) is 5.55. The fourth-order valence-corrected chi connectivity index (χ4v) is 7.18. The topological polar surface area (TPSA) is 23.8 Å². The molecule has 0 bridgehead atoms. The van der Waals surface area contributed by atoms with Crippen LogP contribution in [-0.4, -0.2) is 0 Å². The van der Waals surface area contributed by atoms with Crippen LogP contribution in [0.1, 0.15) is 129 Å². The van der Waals surface area contributed by atoms with Gasteiger partial charge in [0.05, 0.1) is 11.5 Å². The van der Waals surface area contributed by atoms with Crippen molar-refractivity contribution >= 4 is 0 Å². The summed E-state index contributed by atoms with van der Waals surface area (Å²) < 4.78 is 0. The summed E-state index contributed by atoms with van der Waals surface area (Å²) in [5, 5.41) is 10.2. The molecule has 0 amide bonds. The van der Waals surface area contributed by atoms with E-state index >= 15 is 0 Å². The van der Waals surface area contributed by atoms with Crippen LogP contribution >= 0.6 is 0 Å². The van der Waals surface area contributed by atoms with Crippen molar-refractivity contribution in [1.82, 2.24) is 0 Å². The lowest BCUT2D eigenvalue weighted by molar-refractivity contribution is 0.0602. The van der Waals surface area contributed by atoms with E-state index in [0.29, 0.717) is 5.92 Å². The van der Waals surface area contributed by atoms with Gasteiger partial charge < -0.3 is 0 Å². The van der Waals surface area contributed by atoms with E-state index in [1.165, 1.54) is 116 Å². The normalized spacial score (nSPS) is 39.4. The summed E-state index contributed by atoms with van der Waals surface area (Å²) in [7, 11) is 0. The average Bonchev–Trinajstić information content (AvgIpc) is 2.77. The quantitative estimate of drug-likeness (QED) is 0.410. The van der Waals surface area contributed by atoms with Crippen molar-refractivity contribution in [3.05, 3.63) is 0 Å². The van der Waals surface area contributed by atoms with Crippen molar-refractivity contribution in [2.45, 2.75) is 129 Å². The highest BCUT2D eigenvalue weighted by atomic mass is 14.5. The van der Waals surface area contributed by atoms with Crippen LogP contribution in [0.25, 0.3) is 0 Å². The summed E-state index contributed by atoms with van der Waals surface area (Å²) in [5.74, 6) is 4.63. The molecular weight excluding hydrogens is 338 g/mol. The molecule has 0 aliphatic heterocycles. The van der Waals surface area contributed by atoms with Crippen LogP contribution < -0.4 is 0 Å². The number of rotatable bonds is 8. The molecule has 0 spiro atoms. The largest absolute Gasteiger partial charge is 0.198 e. The van der Waals surface area contributed by atoms with Gasteiger partial charge in [-0.1, -0.05) is 78.1 Å². The first-order valence-corrected chi connectivity index (χ1v) is 13.1. The van der Waals surface area contributed by atoms with E-state index in [1.807, 2.05) is 0 Å². The molecule has 0 saturated heterocycles. The predicted octanol–water partition coefficient (Wildman–Crippen LogP) is 8.68. The van der Waals surface area contributed by atoms with E-state index in [2.05, 4.69) is 19.9 Å². The van der Waals surface area contributed by atoms with Crippen molar-refractivity contribution in [2.75, 3.05) is 0 Å². The predicted molar refractivity (Wildman–Crippen MR) is 120 cm³/mol. The van der Waals surface area contributed by atoms with Gasteiger partial charge in [0.25, 0.3) is 0 Å². The number of nitrogens with zero attached hydrogens (tertiary/aromatic N) is 1. The molecule has 0 aromatic carbocycles. The Bertz CT molecular complexity index is 465. The molecule has 0 aromatic rings. The number of hydrogen-bond acceptors (Lipinski definition) is 1. The van der Waals surface area contributed by atoms with E-state index in [-0.39, 0.29) is 5.41 Å². The Kier molecular flexibility index (Phi) is 8.74. The molecule has 1 heteroatoms. The fraction of sp³-hybridized carbons (Fsp3) is 0.963. The zero-order valence-corrected chi connectivity index (χ0v) is 19.1. The summed E-state index contributed by atoms with van der Waals surface area (Å²) in [6.45, 7) is 4.64. The average molecular weight is 386 g/mol. The minimum absolute atomic E-state index is 0.0462. The molecule has 0 radical (unpaired) electrons. The Balaban J connectivity index is 1.44. The first-order valence-electron chi connectivity index (χ1n) is 13.1. The van der Waals surface area contributed by atoms with Crippen LogP contribution in [0.15, 0.2) is 0 Å². The summed E-state index contributed by atoms with van der Waals surface area (Å²) in [4.78, 5) is 0. The SMILES string of the molecule is CCCCC1CCC(C2CCC(C#N)(C3CCC(CCCC)CC3)CC2)CC1. The second-order valence-electron chi connectivity index (χ2n) is 10.9. The lowest BCUT2D eigenvalue weighted by Gasteiger charge is -2.46. The molecule has 3 saturated carbocycles. The molecule has 3 aliphatic rings. The van der Waals surface area contributed by atoms with Crippen LogP contribution in [0.2, 0.25) is 0 Å². The molecular formula is C27H47N. The molecule has 3 fully saturated rings. The maximum absolute atomic E-state index is 10.2. The maximum Gasteiger partial charge on any atom is 0.0692 e. The maximum atomic E-state index is 10.2. The van der Waals surface area contributed by atoms with Gasteiger partial charge in [0.1, 0.15) is 0 Å². The zero-order valence-electron chi connectivity index (χ0n) is 19.1. The van der Waals surface area contributed by atoms with Crippen molar-refractivity contribution in [3.8, 4) is 6.07 Å². The van der Waals surface area contributed by atoms with Gasteiger partial charge in [0.2, 0.25) is 0 Å². The van der Waals surface area contributed by atoms with Crippen LogP contribution in [0, 0.1) is 46.3 Å². The van der Waals surface area contributed by atoms with Gasteiger partial charge in [-0.2, -0.15) is 5.26 Å². The van der Waals surface area contributed by atoms with Gasteiger partial charge in [-0.05, 0) is 81.0 Å². The van der Waals surface area contributed by atoms with E-state index in [1.54, 1.807) is 0 Å². The van der Waals surface area contributed by atoms with Crippen LogP contribution in [0.4, 0.5) is 0 Å². The summed E-state index contributed by atoms with van der Waals surface area (Å²) in [6.07, 6.45) is 25.0. The molecule has 1 nitrogen and oxygen atoms in total. The first kappa shape index (κ1) is 22.2. The highest BCUT2D eigenvalue weighted by molar-refractivity contribution is 5.06. The Morgan fingerprint density at radius 3 is 1.61 bits per heavy atom. The van der Waals surface area contributed by atoms with Gasteiger partial charge in [-0.15, -0.1) is 0 Å². The van der Waals surface area contributed by atoms with Gasteiger partial charge in [0, 0.05) is 0 Å². The molecule has 28 heavy (non-hydrogen) atoms. The molecule has 3 aliphatic carbocycles. The Morgan fingerprint density at radius 2 is 1.14 bits per heavy atom. The van der Waals surface area contributed by atoms with Crippen molar-refractivity contribution < 1.29 is 0 Å². The van der Waals surface area contributed by atoms with E-state index in [9.17, 15) is 5.26 Å². The second-order valence-corrected chi connectivity index (χ2v) is 10.9. The fourth-order valence-electron chi connectivity index (χ4n) is 7.18. The summed E-state index contributed by atoms with van der Waals surface area (Å²) >= 11 is 0. The highest BCUT2D eigenvalue weighted by Crippen LogP contribution is 2.52. The van der Waals surface area contributed by atoms with Gasteiger partial charge in [-0.25, -0.2) is 0 Å². The smallest absolute Gasteiger partial charge is 0.0692 e.